The number of pyridine rings is 1. The average Bonchev–Trinajstić information content (AvgIpc) is 2.48. The molecule has 0 saturated heterocycles. The molecule has 1 aromatic heterocycles. The van der Waals surface area contributed by atoms with Crippen molar-refractivity contribution in [2.24, 2.45) is 0 Å². The normalized spacial score (nSPS) is 10.5. The molecule has 0 spiro atoms. The highest BCUT2D eigenvalue weighted by molar-refractivity contribution is 6.33. The molecule has 0 aliphatic carbocycles. The second-order valence-corrected chi connectivity index (χ2v) is 5.33. The molecule has 0 unspecified atom stereocenters. The van der Waals surface area contributed by atoms with Gasteiger partial charge in [0.2, 0.25) is 0 Å². The molecule has 0 bridgehead atoms. The van der Waals surface area contributed by atoms with E-state index in [9.17, 15) is 4.79 Å². The monoisotopic (exact) mass is 322 g/mol. The van der Waals surface area contributed by atoms with Crippen LogP contribution in [0.3, 0.4) is 0 Å². The van der Waals surface area contributed by atoms with E-state index in [-0.39, 0.29) is 11.1 Å². The van der Waals surface area contributed by atoms with Crippen molar-refractivity contribution in [3.05, 3.63) is 57.3 Å². The van der Waals surface area contributed by atoms with Gasteiger partial charge in [-0.3, -0.25) is 4.79 Å². The van der Waals surface area contributed by atoms with Crippen LogP contribution in [0.2, 0.25) is 10.2 Å². The third-order valence-corrected chi connectivity index (χ3v) is 3.97. The van der Waals surface area contributed by atoms with Crippen molar-refractivity contribution >= 4 is 34.8 Å². The summed E-state index contributed by atoms with van der Waals surface area (Å²) in [6.07, 6.45) is 3.09. The van der Waals surface area contributed by atoms with E-state index in [0.29, 0.717) is 10.6 Å². The van der Waals surface area contributed by atoms with Crippen LogP contribution in [-0.2, 0) is 12.8 Å². The molecule has 1 N–H and O–H groups in total. The lowest BCUT2D eigenvalue weighted by molar-refractivity contribution is 0.102. The Morgan fingerprint density at radius 3 is 2.57 bits per heavy atom. The van der Waals surface area contributed by atoms with Crippen molar-refractivity contribution in [1.82, 2.24) is 4.98 Å². The number of carbonyl (C=O) groups excluding carboxylic acids is 1. The fraction of sp³-hybridized carbons (Fsp3) is 0.250. The fourth-order valence-corrected chi connectivity index (χ4v) is 2.70. The third kappa shape index (κ3) is 3.36. The minimum Gasteiger partial charge on any atom is -0.321 e. The Morgan fingerprint density at radius 2 is 1.95 bits per heavy atom. The summed E-state index contributed by atoms with van der Waals surface area (Å²) in [6, 6.07) is 7.13. The SMILES string of the molecule is CCc1ccc(Cl)c(CC)c1NC(=O)c1cccnc1Cl. The molecule has 21 heavy (non-hydrogen) atoms. The van der Waals surface area contributed by atoms with Gasteiger partial charge in [0.15, 0.2) is 0 Å². The Kier molecular flexibility index (Phi) is 5.21. The number of anilines is 1. The topological polar surface area (TPSA) is 42.0 Å². The minimum absolute atomic E-state index is 0.188. The summed E-state index contributed by atoms with van der Waals surface area (Å²) in [5, 5.41) is 3.77. The fourth-order valence-electron chi connectivity index (χ4n) is 2.20. The van der Waals surface area contributed by atoms with Crippen LogP contribution >= 0.6 is 23.2 Å². The van der Waals surface area contributed by atoms with E-state index in [1.807, 2.05) is 26.0 Å². The van der Waals surface area contributed by atoms with Gasteiger partial charge < -0.3 is 5.32 Å². The third-order valence-electron chi connectivity index (χ3n) is 3.32. The van der Waals surface area contributed by atoms with Crippen molar-refractivity contribution in [3.8, 4) is 0 Å². The van der Waals surface area contributed by atoms with Crippen LogP contribution in [-0.4, -0.2) is 10.9 Å². The van der Waals surface area contributed by atoms with E-state index in [4.69, 9.17) is 23.2 Å². The van der Waals surface area contributed by atoms with E-state index >= 15 is 0 Å². The number of carbonyl (C=O) groups is 1. The molecular formula is C16H16Cl2N2O. The van der Waals surface area contributed by atoms with Crippen LogP contribution in [0.25, 0.3) is 0 Å². The highest BCUT2D eigenvalue weighted by atomic mass is 35.5. The first kappa shape index (κ1) is 15.8. The van der Waals surface area contributed by atoms with Crippen molar-refractivity contribution < 1.29 is 4.79 Å². The summed E-state index contributed by atoms with van der Waals surface area (Å²) in [4.78, 5) is 16.3. The zero-order chi connectivity index (χ0) is 15.4. The molecular weight excluding hydrogens is 307 g/mol. The van der Waals surface area contributed by atoms with Crippen LogP contribution in [0.1, 0.15) is 35.3 Å². The number of nitrogens with zero attached hydrogens (tertiary/aromatic N) is 1. The van der Waals surface area contributed by atoms with Gasteiger partial charge in [0.25, 0.3) is 5.91 Å². The summed E-state index contributed by atoms with van der Waals surface area (Å²) in [7, 11) is 0. The van der Waals surface area contributed by atoms with E-state index < -0.39 is 0 Å². The highest BCUT2D eigenvalue weighted by Gasteiger charge is 2.16. The first-order chi connectivity index (χ1) is 10.1. The van der Waals surface area contributed by atoms with Gasteiger partial charge in [-0.05, 0) is 42.2 Å². The summed E-state index contributed by atoms with van der Waals surface area (Å²) < 4.78 is 0. The van der Waals surface area contributed by atoms with Crippen LogP contribution in [0, 0.1) is 0 Å². The van der Waals surface area contributed by atoms with Gasteiger partial charge >= 0.3 is 0 Å². The van der Waals surface area contributed by atoms with Gasteiger partial charge in [-0.15, -0.1) is 0 Å². The largest absolute Gasteiger partial charge is 0.321 e. The Hall–Kier alpha value is -1.58. The molecule has 5 heteroatoms. The highest BCUT2D eigenvalue weighted by Crippen LogP contribution is 2.30. The van der Waals surface area contributed by atoms with E-state index in [1.54, 1.807) is 18.3 Å². The predicted octanol–water partition coefficient (Wildman–Crippen LogP) is 4.77. The summed E-state index contributed by atoms with van der Waals surface area (Å²) in [6.45, 7) is 4.04. The lowest BCUT2D eigenvalue weighted by Gasteiger charge is -2.16. The smallest absolute Gasteiger partial charge is 0.258 e. The first-order valence-corrected chi connectivity index (χ1v) is 7.56. The van der Waals surface area contributed by atoms with E-state index in [0.717, 1.165) is 29.7 Å². The number of hydrogen-bond donors (Lipinski definition) is 1. The van der Waals surface area contributed by atoms with Crippen LogP contribution in [0.4, 0.5) is 5.69 Å². The molecule has 1 heterocycles. The van der Waals surface area contributed by atoms with Crippen molar-refractivity contribution in [1.29, 1.82) is 0 Å². The molecule has 0 radical (unpaired) electrons. The summed E-state index contributed by atoms with van der Waals surface area (Å²) >= 11 is 12.2. The number of rotatable bonds is 4. The second kappa shape index (κ2) is 6.92. The molecule has 0 atom stereocenters. The quantitative estimate of drug-likeness (QED) is 0.824. The first-order valence-electron chi connectivity index (χ1n) is 6.80. The molecule has 0 saturated carbocycles. The van der Waals surface area contributed by atoms with Crippen molar-refractivity contribution in [2.45, 2.75) is 26.7 Å². The Labute approximate surface area is 134 Å². The molecule has 2 rings (SSSR count). The molecule has 1 aromatic carbocycles. The minimum atomic E-state index is -0.278. The zero-order valence-electron chi connectivity index (χ0n) is 11.9. The lowest BCUT2D eigenvalue weighted by Crippen LogP contribution is -2.16. The number of amides is 1. The second-order valence-electron chi connectivity index (χ2n) is 4.56. The van der Waals surface area contributed by atoms with E-state index in [2.05, 4.69) is 10.3 Å². The maximum atomic E-state index is 12.4. The van der Waals surface area contributed by atoms with Crippen LogP contribution in [0.15, 0.2) is 30.5 Å². The van der Waals surface area contributed by atoms with Crippen molar-refractivity contribution in [2.75, 3.05) is 5.32 Å². The maximum absolute atomic E-state index is 12.4. The number of benzene rings is 1. The van der Waals surface area contributed by atoms with Crippen LogP contribution < -0.4 is 5.32 Å². The number of nitrogens with one attached hydrogen (secondary N) is 1. The number of aromatic nitrogens is 1. The predicted molar refractivity (Wildman–Crippen MR) is 87.4 cm³/mol. The molecule has 1 amide bonds. The summed E-state index contributed by atoms with van der Waals surface area (Å²) in [5.41, 5.74) is 3.11. The summed E-state index contributed by atoms with van der Waals surface area (Å²) in [5.74, 6) is -0.278. The standard InChI is InChI=1S/C16H16Cl2N2O/c1-3-10-7-8-13(17)11(4-2)14(10)20-16(21)12-6-5-9-19-15(12)18/h5-9H,3-4H2,1-2H3,(H,20,21). The van der Waals surface area contributed by atoms with Gasteiger partial charge in [-0.25, -0.2) is 4.98 Å². The number of aryl methyl sites for hydroxylation is 1. The Morgan fingerprint density at radius 1 is 1.19 bits per heavy atom. The Balaban J connectivity index is 2.41. The molecule has 2 aromatic rings. The molecule has 110 valence electrons. The number of hydrogen-bond acceptors (Lipinski definition) is 2. The zero-order valence-corrected chi connectivity index (χ0v) is 13.4. The van der Waals surface area contributed by atoms with Gasteiger partial charge in [0.1, 0.15) is 5.15 Å². The van der Waals surface area contributed by atoms with Gasteiger partial charge in [-0.1, -0.05) is 43.1 Å². The molecule has 3 nitrogen and oxygen atoms in total. The maximum Gasteiger partial charge on any atom is 0.258 e. The molecule has 0 aliphatic rings. The van der Waals surface area contributed by atoms with Crippen molar-refractivity contribution in [3.63, 3.8) is 0 Å². The number of halogens is 2. The van der Waals surface area contributed by atoms with Crippen LogP contribution in [0.5, 0.6) is 0 Å². The molecule has 0 fully saturated rings. The van der Waals surface area contributed by atoms with Gasteiger partial charge in [0, 0.05) is 16.9 Å². The van der Waals surface area contributed by atoms with E-state index in [1.165, 1.54) is 0 Å². The lowest BCUT2D eigenvalue weighted by atomic mass is 10.0. The molecule has 0 aliphatic heterocycles. The van der Waals surface area contributed by atoms with Gasteiger partial charge in [0.05, 0.1) is 5.56 Å². The Bertz CT molecular complexity index is 671. The van der Waals surface area contributed by atoms with Gasteiger partial charge in [-0.2, -0.15) is 0 Å². The average molecular weight is 323 g/mol.